The van der Waals surface area contributed by atoms with Gasteiger partial charge in [-0.1, -0.05) is 13.8 Å². The van der Waals surface area contributed by atoms with Gasteiger partial charge in [0.25, 0.3) is 0 Å². The maximum Gasteiger partial charge on any atom is 0.329 e. The lowest BCUT2D eigenvalue weighted by Gasteiger charge is -2.37. The predicted molar refractivity (Wildman–Crippen MR) is 69.7 cm³/mol. The maximum atomic E-state index is 12.2. The topological polar surface area (TPSA) is 75.6 Å². The first-order valence-corrected chi connectivity index (χ1v) is 7.11. The first kappa shape index (κ1) is 14.3. The number of aliphatic carboxylic acids is 1. The van der Waals surface area contributed by atoms with Crippen molar-refractivity contribution >= 4 is 11.9 Å². The smallest absolute Gasteiger partial charge is 0.329 e. The molecule has 0 spiro atoms. The number of ether oxygens (including phenoxy) is 1. The van der Waals surface area contributed by atoms with E-state index >= 15 is 0 Å². The molecule has 2 rings (SSSR count). The Morgan fingerprint density at radius 2 is 1.84 bits per heavy atom. The summed E-state index contributed by atoms with van der Waals surface area (Å²) in [6.45, 7) is 4.67. The third kappa shape index (κ3) is 2.91. The van der Waals surface area contributed by atoms with E-state index in [1.54, 1.807) is 0 Å². The van der Waals surface area contributed by atoms with Gasteiger partial charge in [-0.05, 0) is 43.9 Å². The molecule has 19 heavy (non-hydrogen) atoms. The number of carboxylic acid groups (broad SMARTS) is 1. The first-order chi connectivity index (χ1) is 8.94. The molecule has 2 fully saturated rings. The second kappa shape index (κ2) is 5.49. The molecule has 108 valence electrons. The van der Waals surface area contributed by atoms with E-state index in [1.807, 2.05) is 6.92 Å². The highest BCUT2D eigenvalue weighted by Crippen LogP contribution is 2.33. The summed E-state index contributed by atoms with van der Waals surface area (Å²) in [7, 11) is 0. The normalized spacial score (nSPS) is 38.9. The number of carbonyl (C=O) groups excluding carboxylic acids is 1. The second-order valence-corrected chi connectivity index (χ2v) is 6.12. The van der Waals surface area contributed by atoms with Gasteiger partial charge in [0.2, 0.25) is 5.91 Å². The number of hydrogen-bond donors (Lipinski definition) is 2. The number of hydrogen-bond acceptors (Lipinski definition) is 3. The fourth-order valence-corrected chi connectivity index (χ4v) is 2.98. The molecule has 1 heterocycles. The van der Waals surface area contributed by atoms with Crippen LogP contribution in [-0.2, 0) is 14.3 Å². The maximum absolute atomic E-state index is 12.2. The molecule has 1 saturated carbocycles. The van der Waals surface area contributed by atoms with Crippen LogP contribution in [0.2, 0.25) is 0 Å². The Hall–Kier alpha value is -1.10. The molecule has 2 aliphatic rings. The van der Waals surface area contributed by atoms with Gasteiger partial charge in [0.15, 0.2) is 0 Å². The van der Waals surface area contributed by atoms with Gasteiger partial charge >= 0.3 is 5.97 Å². The standard InChI is InChI=1S/C14H23NO4/c1-9-3-6-14(7-4-9,13(17)18)15-12(16)11-10(2)5-8-19-11/h9-11H,3-8H2,1-2H3,(H,15,16)(H,17,18). The summed E-state index contributed by atoms with van der Waals surface area (Å²) in [5.74, 6) is -0.486. The van der Waals surface area contributed by atoms with Crippen LogP contribution in [0.4, 0.5) is 0 Å². The lowest BCUT2D eigenvalue weighted by molar-refractivity contribution is -0.151. The van der Waals surface area contributed by atoms with E-state index < -0.39 is 17.6 Å². The number of rotatable bonds is 3. The van der Waals surface area contributed by atoms with Crippen molar-refractivity contribution < 1.29 is 19.4 Å². The summed E-state index contributed by atoms with van der Waals surface area (Å²) in [5, 5.41) is 12.2. The zero-order valence-corrected chi connectivity index (χ0v) is 11.6. The molecule has 2 N–H and O–H groups in total. The van der Waals surface area contributed by atoms with Crippen LogP contribution >= 0.6 is 0 Å². The van der Waals surface area contributed by atoms with Crippen molar-refractivity contribution in [3.05, 3.63) is 0 Å². The number of carbonyl (C=O) groups is 2. The highest BCUT2D eigenvalue weighted by Gasteiger charge is 2.44. The quantitative estimate of drug-likeness (QED) is 0.815. The van der Waals surface area contributed by atoms with Crippen LogP contribution in [0.25, 0.3) is 0 Å². The molecule has 0 aromatic carbocycles. The van der Waals surface area contributed by atoms with Crippen molar-refractivity contribution in [1.82, 2.24) is 5.32 Å². The van der Waals surface area contributed by atoms with Gasteiger partial charge in [-0.3, -0.25) is 4.79 Å². The van der Waals surface area contributed by atoms with Crippen LogP contribution in [-0.4, -0.2) is 35.2 Å². The Balaban J connectivity index is 2.04. The second-order valence-electron chi connectivity index (χ2n) is 6.12. The van der Waals surface area contributed by atoms with E-state index in [9.17, 15) is 14.7 Å². The molecule has 2 atom stereocenters. The summed E-state index contributed by atoms with van der Waals surface area (Å²) in [5.41, 5.74) is -1.09. The predicted octanol–water partition coefficient (Wildman–Crippen LogP) is 1.56. The lowest BCUT2D eigenvalue weighted by atomic mass is 9.77. The molecule has 0 bridgehead atoms. The van der Waals surface area contributed by atoms with E-state index in [1.165, 1.54) is 0 Å². The molecule has 1 aliphatic carbocycles. The SMILES string of the molecule is CC1CCC(NC(=O)C2OCCC2C)(C(=O)O)CC1. The molecular formula is C14H23NO4. The summed E-state index contributed by atoms with van der Waals surface area (Å²) in [4.78, 5) is 23.8. The molecule has 1 saturated heterocycles. The average Bonchev–Trinajstić information content (AvgIpc) is 2.78. The summed E-state index contributed by atoms with van der Waals surface area (Å²) in [6, 6.07) is 0. The molecule has 0 aromatic rings. The first-order valence-electron chi connectivity index (χ1n) is 7.11. The van der Waals surface area contributed by atoms with Crippen LogP contribution in [0.3, 0.4) is 0 Å². The summed E-state index contributed by atoms with van der Waals surface area (Å²) in [6.07, 6.45) is 3.07. The highest BCUT2D eigenvalue weighted by atomic mass is 16.5. The molecule has 0 aromatic heterocycles. The van der Waals surface area contributed by atoms with Crippen LogP contribution in [0.1, 0.15) is 46.0 Å². The molecule has 0 radical (unpaired) electrons. The molecule has 5 heteroatoms. The number of nitrogens with one attached hydrogen (secondary N) is 1. The van der Waals surface area contributed by atoms with Gasteiger partial charge in [-0.15, -0.1) is 0 Å². The fraction of sp³-hybridized carbons (Fsp3) is 0.857. The summed E-state index contributed by atoms with van der Waals surface area (Å²) < 4.78 is 5.41. The van der Waals surface area contributed by atoms with Crippen molar-refractivity contribution in [2.75, 3.05) is 6.61 Å². The Bertz CT molecular complexity index is 360. The zero-order valence-electron chi connectivity index (χ0n) is 11.6. The van der Waals surface area contributed by atoms with Crippen molar-refractivity contribution in [3.63, 3.8) is 0 Å². The van der Waals surface area contributed by atoms with E-state index in [0.717, 1.165) is 19.3 Å². The van der Waals surface area contributed by atoms with E-state index in [2.05, 4.69) is 12.2 Å². The molecular weight excluding hydrogens is 246 g/mol. The highest BCUT2D eigenvalue weighted by molar-refractivity contribution is 5.89. The van der Waals surface area contributed by atoms with Gasteiger partial charge in [0.1, 0.15) is 11.6 Å². The van der Waals surface area contributed by atoms with Crippen molar-refractivity contribution in [2.24, 2.45) is 11.8 Å². The summed E-state index contributed by atoms with van der Waals surface area (Å²) >= 11 is 0. The van der Waals surface area contributed by atoms with Crippen molar-refractivity contribution in [2.45, 2.75) is 57.6 Å². The Labute approximate surface area is 113 Å². The van der Waals surface area contributed by atoms with Crippen LogP contribution in [0.5, 0.6) is 0 Å². The minimum Gasteiger partial charge on any atom is -0.480 e. The molecule has 1 amide bonds. The largest absolute Gasteiger partial charge is 0.480 e. The molecule has 2 unspecified atom stereocenters. The molecule has 5 nitrogen and oxygen atoms in total. The van der Waals surface area contributed by atoms with Crippen LogP contribution in [0.15, 0.2) is 0 Å². The van der Waals surface area contributed by atoms with Gasteiger partial charge in [0.05, 0.1) is 0 Å². The van der Waals surface area contributed by atoms with Crippen LogP contribution in [0, 0.1) is 11.8 Å². The average molecular weight is 269 g/mol. The molecule has 1 aliphatic heterocycles. The van der Waals surface area contributed by atoms with Gasteiger partial charge in [-0.25, -0.2) is 4.79 Å². The Morgan fingerprint density at radius 1 is 1.21 bits per heavy atom. The van der Waals surface area contributed by atoms with Gasteiger partial charge < -0.3 is 15.2 Å². The fourth-order valence-electron chi connectivity index (χ4n) is 2.98. The van der Waals surface area contributed by atoms with Gasteiger partial charge in [-0.2, -0.15) is 0 Å². The monoisotopic (exact) mass is 269 g/mol. The zero-order chi connectivity index (χ0) is 14.0. The third-order valence-corrected chi connectivity index (χ3v) is 4.55. The van der Waals surface area contributed by atoms with Gasteiger partial charge in [0, 0.05) is 6.61 Å². The van der Waals surface area contributed by atoms with Crippen LogP contribution < -0.4 is 5.32 Å². The lowest BCUT2D eigenvalue weighted by Crippen LogP contribution is -2.58. The minimum atomic E-state index is -1.09. The Morgan fingerprint density at radius 3 is 2.32 bits per heavy atom. The van der Waals surface area contributed by atoms with E-state index in [0.29, 0.717) is 25.4 Å². The third-order valence-electron chi connectivity index (χ3n) is 4.55. The Kier molecular flexibility index (Phi) is 4.13. The number of carboxylic acids is 1. The minimum absolute atomic E-state index is 0.161. The van der Waals surface area contributed by atoms with Crippen molar-refractivity contribution in [1.29, 1.82) is 0 Å². The van der Waals surface area contributed by atoms with Crippen molar-refractivity contribution in [3.8, 4) is 0 Å². The van der Waals surface area contributed by atoms with E-state index in [4.69, 9.17) is 4.74 Å². The van der Waals surface area contributed by atoms with E-state index in [-0.39, 0.29) is 11.8 Å². The number of amides is 1.